The Balaban J connectivity index is 2.21. The molecular formula is C11H16BrN3. The number of piperidine rings is 1. The van der Waals surface area contributed by atoms with Crippen molar-refractivity contribution < 1.29 is 0 Å². The van der Waals surface area contributed by atoms with E-state index in [-0.39, 0.29) is 6.04 Å². The Labute approximate surface area is 98.8 Å². The molecule has 0 unspecified atom stereocenters. The number of hydrogen-bond donors (Lipinski definition) is 1. The SMILES string of the molecule is Cc1cnc(N2CCC[C@@H](N)C2)c(Br)c1. The highest BCUT2D eigenvalue weighted by Gasteiger charge is 2.19. The molecule has 0 saturated carbocycles. The first-order valence-electron chi connectivity index (χ1n) is 5.29. The third kappa shape index (κ3) is 2.49. The second kappa shape index (κ2) is 4.49. The van der Waals surface area contributed by atoms with Gasteiger partial charge in [0.15, 0.2) is 0 Å². The van der Waals surface area contributed by atoms with Crippen molar-refractivity contribution >= 4 is 21.7 Å². The van der Waals surface area contributed by atoms with Gasteiger partial charge in [-0.25, -0.2) is 4.98 Å². The smallest absolute Gasteiger partial charge is 0.142 e. The molecule has 1 aromatic rings. The molecular weight excluding hydrogens is 254 g/mol. The molecule has 1 aliphatic heterocycles. The predicted molar refractivity (Wildman–Crippen MR) is 66.1 cm³/mol. The normalized spacial score (nSPS) is 21.8. The number of rotatable bonds is 1. The lowest BCUT2D eigenvalue weighted by Gasteiger charge is -2.32. The van der Waals surface area contributed by atoms with E-state index >= 15 is 0 Å². The summed E-state index contributed by atoms with van der Waals surface area (Å²) in [5.41, 5.74) is 7.13. The average molecular weight is 270 g/mol. The highest BCUT2D eigenvalue weighted by atomic mass is 79.9. The fraction of sp³-hybridized carbons (Fsp3) is 0.545. The molecule has 15 heavy (non-hydrogen) atoms. The van der Waals surface area contributed by atoms with Crippen LogP contribution in [0.3, 0.4) is 0 Å². The minimum Gasteiger partial charge on any atom is -0.354 e. The number of pyridine rings is 1. The monoisotopic (exact) mass is 269 g/mol. The lowest BCUT2D eigenvalue weighted by Crippen LogP contribution is -2.43. The third-order valence-corrected chi connectivity index (χ3v) is 3.30. The molecule has 0 aromatic carbocycles. The van der Waals surface area contributed by atoms with Crippen molar-refractivity contribution in [2.24, 2.45) is 5.73 Å². The Kier molecular flexibility index (Phi) is 3.26. The van der Waals surface area contributed by atoms with Crippen molar-refractivity contribution in [3.05, 3.63) is 22.3 Å². The molecule has 1 saturated heterocycles. The molecule has 3 nitrogen and oxygen atoms in total. The zero-order valence-corrected chi connectivity index (χ0v) is 10.5. The average Bonchev–Trinajstić information content (AvgIpc) is 2.17. The van der Waals surface area contributed by atoms with E-state index in [1.54, 1.807) is 0 Å². The lowest BCUT2D eigenvalue weighted by molar-refractivity contribution is 0.502. The molecule has 2 rings (SSSR count). The standard InChI is InChI=1S/C11H16BrN3/c1-8-5-10(12)11(14-6-8)15-4-2-3-9(13)7-15/h5-6,9H,2-4,7,13H2,1H3/t9-/m1/s1. The van der Waals surface area contributed by atoms with Crippen LogP contribution in [0.4, 0.5) is 5.82 Å². The van der Waals surface area contributed by atoms with Gasteiger partial charge in [0, 0.05) is 25.3 Å². The largest absolute Gasteiger partial charge is 0.354 e. The number of aromatic nitrogens is 1. The van der Waals surface area contributed by atoms with E-state index in [9.17, 15) is 0 Å². The Morgan fingerprint density at radius 2 is 2.40 bits per heavy atom. The van der Waals surface area contributed by atoms with Crippen LogP contribution in [-0.4, -0.2) is 24.1 Å². The van der Waals surface area contributed by atoms with Gasteiger partial charge in [0.25, 0.3) is 0 Å². The van der Waals surface area contributed by atoms with Gasteiger partial charge >= 0.3 is 0 Å². The molecule has 1 aromatic heterocycles. The highest BCUT2D eigenvalue weighted by Crippen LogP contribution is 2.26. The van der Waals surface area contributed by atoms with Crippen molar-refractivity contribution in [1.82, 2.24) is 4.98 Å². The third-order valence-electron chi connectivity index (χ3n) is 2.72. The first-order chi connectivity index (χ1) is 7.16. The molecule has 1 atom stereocenters. The number of halogens is 1. The van der Waals surface area contributed by atoms with E-state index < -0.39 is 0 Å². The molecule has 4 heteroatoms. The van der Waals surface area contributed by atoms with Crippen LogP contribution in [0.5, 0.6) is 0 Å². The van der Waals surface area contributed by atoms with Crippen molar-refractivity contribution in [2.75, 3.05) is 18.0 Å². The predicted octanol–water partition coefficient (Wildman–Crippen LogP) is 2.08. The summed E-state index contributed by atoms with van der Waals surface area (Å²) < 4.78 is 1.07. The summed E-state index contributed by atoms with van der Waals surface area (Å²) in [6.07, 6.45) is 4.18. The van der Waals surface area contributed by atoms with Crippen LogP contribution in [0.1, 0.15) is 18.4 Å². The van der Waals surface area contributed by atoms with Crippen molar-refractivity contribution in [2.45, 2.75) is 25.8 Å². The van der Waals surface area contributed by atoms with Crippen LogP contribution < -0.4 is 10.6 Å². The molecule has 0 bridgehead atoms. The van der Waals surface area contributed by atoms with Gasteiger partial charge in [-0.3, -0.25) is 0 Å². The summed E-state index contributed by atoms with van der Waals surface area (Å²) in [6, 6.07) is 2.39. The molecule has 82 valence electrons. The fourth-order valence-electron chi connectivity index (χ4n) is 1.96. The number of nitrogens with zero attached hydrogens (tertiary/aromatic N) is 2. The van der Waals surface area contributed by atoms with Gasteiger partial charge in [-0.1, -0.05) is 0 Å². The molecule has 0 radical (unpaired) electrons. The molecule has 0 spiro atoms. The molecule has 2 heterocycles. The quantitative estimate of drug-likeness (QED) is 0.849. The summed E-state index contributed by atoms with van der Waals surface area (Å²) >= 11 is 3.56. The van der Waals surface area contributed by atoms with Crippen molar-refractivity contribution in [3.8, 4) is 0 Å². The van der Waals surface area contributed by atoms with Crippen molar-refractivity contribution in [1.29, 1.82) is 0 Å². The molecule has 0 amide bonds. The van der Waals surface area contributed by atoms with Crippen LogP contribution in [0, 0.1) is 6.92 Å². The van der Waals surface area contributed by atoms with Gasteiger partial charge in [-0.15, -0.1) is 0 Å². The van der Waals surface area contributed by atoms with Gasteiger partial charge in [0.2, 0.25) is 0 Å². The van der Waals surface area contributed by atoms with E-state index in [1.165, 1.54) is 5.56 Å². The van der Waals surface area contributed by atoms with Gasteiger partial charge in [0.1, 0.15) is 5.82 Å². The highest BCUT2D eigenvalue weighted by molar-refractivity contribution is 9.10. The zero-order chi connectivity index (χ0) is 10.8. The molecule has 2 N–H and O–H groups in total. The zero-order valence-electron chi connectivity index (χ0n) is 8.91. The van der Waals surface area contributed by atoms with Gasteiger partial charge in [-0.2, -0.15) is 0 Å². The lowest BCUT2D eigenvalue weighted by atomic mass is 10.1. The van der Waals surface area contributed by atoms with E-state index in [0.717, 1.165) is 36.2 Å². The number of nitrogens with two attached hydrogens (primary N) is 1. The van der Waals surface area contributed by atoms with Crippen LogP contribution in [-0.2, 0) is 0 Å². The number of anilines is 1. The van der Waals surface area contributed by atoms with Crippen LogP contribution in [0.15, 0.2) is 16.7 Å². The molecule has 0 aliphatic carbocycles. The van der Waals surface area contributed by atoms with Crippen LogP contribution in [0.2, 0.25) is 0 Å². The van der Waals surface area contributed by atoms with E-state index in [2.05, 4.69) is 31.9 Å². The second-order valence-electron chi connectivity index (χ2n) is 4.17. The Hall–Kier alpha value is -0.610. The fourth-order valence-corrected chi connectivity index (χ4v) is 2.68. The number of hydrogen-bond acceptors (Lipinski definition) is 3. The maximum atomic E-state index is 5.96. The molecule has 1 fully saturated rings. The summed E-state index contributed by atoms with van der Waals surface area (Å²) in [4.78, 5) is 6.72. The van der Waals surface area contributed by atoms with Crippen molar-refractivity contribution in [3.63, 3.8) is 0 Å². The topological polar surface area (TPSA) is 42.2 Å². The van der Waals surface area contributed by atoms with Gasteiger partial charge in [-0.05, 0) is 47.3 Å². The molecule has 1 aliphatic rings. The summed E-state index contributed by atoms with van der Waals surface area (Å²) in [6.45, 7) is 4.01. The van der Waals surface area contributed by atoms with E-state index in [1.807, 2.05) is 13.1 Å². The van der Waals surface area contributed by atoms with Crippen LogP contribution >= 0.6 is 15.9 Å². The van der Waals surface area contributed by atoms with Gasteiger partial charge in [0.05, 0.1) is 4.47 Å². The maximum absolute atomic E-state index is 5.96. The minimum absolute atomic E-state index is 0.286. The summed E-state index contributed by atoms with van der Waals surface area (Å²) in [7, 11) is 0. The van der Waals surface area contributed by atoms with E-state index in [4.69, 9.17) is 5.73 Å². The number of aryl methyl sites for hydroxylation is 1. The Morgan fingerprint density at radius 1 is 1.60 bits per heavy atom. The first kappa shape index (κ1) is 10.9. The maximum Gasteiger partial charge on any atom is 0.142 e. The van der Waals surface area contributed by atoms with E-state index in [0.29, 0.717) is 0 Å². The minimum atomic E-state index is 0.286. The summed E-state index contributed by atoms with van der Waals surface area (Å²) in [5, 5.41) is 0. The summed E-state index contributed by atoms with van der Waals surface area (Å²) in [5.74, 6) is 1.02. The van der Waals surface area contributed by atoms with Crippen LogP contribution in [0.25, 0.3) is 0 Å². The Bertz CT molecular complexity index is 354. The first-order valence-corrected chi connectivity index (χ1v) is 6.09. The Morgan fingerprint density at radius 3 is 3.07 bits per heavy atom. The van der Waals surface area contributed by atoms with Gasteiger partial charge < -0.3 is 10.6 Å². The second-order valence-corrected chi connectivity index (χ2v) is 5.02.